The lowest BCUT2D eigenvalue weighted by atomic mass is 10.2. The minimum absolute atomic E-state index is 0.378. The molecule has 3 rings (SSSR count). The maximum Gasteiger partial charge on any atom is 0.405 e. The Morgan fingerprint density at radius 1 is 1.33 bits per heavy atom. The minimum atomic E-state index is -1.01. The van der Waals surface area contributed by atoms with Gasteiger partial charge in [0.1, 0.15) is 11.5 Å². The standard InChI is InChI=1S/C14H12N6O3S/c15-13(22)23-6-11(21)20-14-19-10(7-24-14)9-5-17-12(18-9)8-1-3-16-4-2-8/h1-5,7H,6H2,(H2,15,22)(H,17,18)(H,19,20,21). The summed E-state index contributed by atoms with van der Waals surface area (Å²) in [4.78, 5) is 37.7. The van der Waals surface area contributed by atoms with Gasteiger partial charge in [0, 0.05) is 23.3 Å². The Balaban J connectivity index is 1.69. The van der Waals surface area contributed by atoms with Gasteiger partial charge in [-0.25, -0.2) is 14.8 Å². The first kappa shape index (κ1) is 15.6. The molecule has 3 aromatic rings. The van der Waals surface area contributed by atoms with E-state index in [-0.39, 0.29) is 0 Å². The van der Waals surface area contributed by atoms with Crippen molar-refractivity contribution in [3.63, 3.8) is 0 Å². The number of nitrogens with zero attached hydrogens (tertiary/aromatic N) is 3. The van der Waals surface area contributed by atoms with Gasteiger partial charge in [-0.2, -0.15) is 0 Å². The van der Waals surface area contributed by atoms with Crippen LogP contribution in [0.25, 0.3) is 22.8 Å². The molecule has 0 fully saturated rings. The Morgan fingerprint density at radius 2 is 2.12 bits per heavy atom. The lowest BCUT2D eigenvalue weighted by Gasteiger charge is -2.00. The SMILES string of the molecule is NC(=O)OCC(=O)Nc1nc(-c2cnc(-c3ccncc3)[nH]2)cs1. The number of aromatic nitrogens is 4. The fourth-order valence-electron chi connectivity index (χ4n) is 1.85. The van der Waals surface area contributed by atoms with Crippen LogP contribution in [0.3, 0.4) is 0 Å². The normalized spacial score (nSPS) is 10.3. The summed E-state index contributed by atoms with van der Waals surface area (Å²) >= 11 is 1.24. The van der Waals surface area contributed by atoms with Gasteiger partial charge in [-0.1, -0.05) is 0 Å². The molecule has 0 aliphatic carbocycles. The quantitative estimate of drug-likeness (QED) is 0.643. The van der Waals surface area contributed by atoms with Crippen LogP contribution in [0.4, 0.5) is 9.93 Å². The van der Waals surface area contributed by atoms with E-state index < -0.39 is 18.6 Å². The molecule has 0 radical (unpaired) electrons. The molecule has 0 saturated carbocycles. The number of hydrogen-bond donors (Lipinski definition) is 3. The van der Waals surface area contributed by atoms with Crippen LogP contribution in [-0.4, -0.2) is 38.5 Å². The zero-order chi connectivity index (χ0) is 16.9. The zero-order valence-electron chi connectivity index (χ0n) is 12.2. The van der Waals surface area contributed by atoms with Gasteiger partial charge in [-0.3, -0.25) is 15.1 Å². The molecule has 0 aliphatic heterocycles. The Morgan fingerprint density at radius 3 is 2.88 bits per heavy atom. The highest BCUT2D eigenvalue weighted by molar-refractivity contribution is 7.14. The van der Waals surface area contributed by atoms with Crippen molar-refractivity contribution < 1.29 is 14.3 Å². The van der Waals surface area contributed by atoms with Crippen molar-refractivity contribution in [2.75, 3.05) is 11.9 Å². The fourth-order valence-corrected chi connectivity index (χ4v) is 2.58. The van der Waals surface area contributed by atoms with E-state index in [1.807, 2.05) is 12.1 Å². The van der Waals surface area contributed by atoms with Gasteiger partial charge in [0.15, 0.2) is 11.7 Å². The number of carbonyl (C=O) groups excluding carboxylic acids is 2. The number of carbonyl (C=O) groups is 2. The van der Waals surface area contributed by atoms with E-state index in [0.717, 1.165) is 5.56 Å². The van der Waals surface area contributed by atoms with Gasteiger partial charge in [0.2, 0.25) is 0 Å². The van der Waals surface area contributed by atoms with Crippen molar-refractivity contribution in [3.8, 4) is 22.8 Å². The molecule has 0 spiro atoms. The maximum absolute atomic E-state index is 11.5. The predicted octanol–water partition coefficient (Wildman–Crippen LogP) is 1.63. The zero-order valence-corrected chi connectivity index (χ0v) is 13.0. The number of amides is 2. The van der Waals surface area contributed by atoms with E-state index in [9.17, 15) is 9.59 Å². The van der Waals surface area contributed by atoms with Gasteiger partial charge in [-0.15, -0.1) is 11.3 Å². The van der Waals surface area contributed by atoms with Crippen LogP contribution in [0.2, 0.25) is 0 Å². The van der Waals surface area contributed by atoms with Crippen LogP contribution in [0.15, 0.2) is 36.1 Å². The number of nitrogens with one attached hydrogen (secondary N) is 2. The number of imidazole rings is 1. The number of ether oxygens (including phenoxy) is 1. The summed E-state index contributed by atoms with van der Waals surface area (Å²) in [6, 6.07) is 3.68. The Bertz CT molecular complexity index is 860. The fraction of sp³-hybridized carbons (Fsp3) is 0.0714. The van der Waals surface area contributed by atoms with Gasteiger partial charge < -0.3 is 15.5 Å². The first-order valence-corrected chi connectivity index (χ1v) is 7.63. The van der Waals surface area contributed by atoms with Crippen LogP contribution >= 0.6 is 11.3 Å². The van der Waals surface area contributed by atoms with E-state index in [0.29, 0.717) is 22.3 Å². The number of aromatic amines is 1. The summed E-state index contributed by atoms with van der Waals surface area (Å²) in [7, 11) is 0. The molecule has 3 aromatic heterocycles. The number of rotatable bonds is 5. The summed E-state index contributed by atoms with van der Waals surface area (Å²) in [6.07, 6.45) is 4.02. The van der Waals surface area contributed by atoms with Gasteiger partial charge in [0.25, 0.3) is 5.91 Å². The summed E-state index contributed by atoms with van der Waals surface area (Å²) in [5, 5.41) is 4.67. The van der Waals surface area contributed by atoms with Crippen molar-refractivity contribution in [1.29, 1.82) is 0 Å². The molecule has 2 amide bonds. The number of hydrogen-bond acceptors (Lipinski definition) is 7. The molecular weight excluding hydrogens is 332 g/mol. The average molecular weight is 344 g/mol. The second-order valence-electron chi connectivity index (χ2n) is 4.58. The van der Waals surface area contributed by atoms with Crippen molar-refractivity contribution in [2.45, 2.75) is 0 Å². The second-order valence-corrected chi connectivity index (χ2v) is 5.43. The van der Waals surface area contributed by atoms with Gasteiger partial charge in [-0.05, 0) is 12.1 Å². The van der Waals surface area contributed by atoms with Crippen molar-refractivity contribution >= 4 is 28.5 Å². The highest BCUT2D eigenvalue weighted by Crippen LogP contribution is 2.25. The number of nitrogens with two attached hydrogens (primary N) is 1. The molecule has 3 heterocycles. The Kier molecular flexibility index (Phi) is 4.47. The van der Waals surface area contributed by atoms with E-state index in [1.165, 1.54) is 11.3 Å². The van der Waals surface area contributed by atoms with E-state index in [4.69, 9.17) is 5.73 Å². The molecule has 0 saturated heterocycles. The van der Waals surface area contributed by atoms with E-state index >= 15 is 0 Å². The third kappa shape index (κ3) is 3.73. The molecule has 0 bridgehead atoms. The van der Waals surface area contributed by atoms with Crippen LogP contribution in [0.5, 0.6) is 0 Å². The largest absolute Gasteiger partial charge is 0.440 e. The van der Waals surface area contributed by atoms with Crippen LogP contribution in [0.1, 0.15) is 0 Å². The van der Waals surface area contributed by atoms with Crippen LogP contribution in [0, 0.1) is 0 Å². The molecule has 0 aromatic carbocycles. The summed E-state index contributed by atoms with van der Waals surface area (Å²) in [5.41, 5.74) is 7.05. The summed E-state index contributed by atoms with van der Waals surface area (Å²) < 4.78 is 4.40. The molecule has 122 valence electrons. The van der Waals surface area contributed by atoms with Crippen LogP contribution < -0.4 is 11.1 Å². The third-order valence-corrected chi connectivity index (χ3v) is 3.66. The van der Waals surface area contributed by atoms with Gasteiger partial charge >= 0.3 is 6.09 Å². The highest BCUT2D eigenvalue weighted by atomic mass is 32.1. The first-order valence-electron chi connectivity index (χ1n) is 6.75. The maximum atomic E-state index is 11.5. The highest BCUT2D eigenvalue weighted by Gasteiger charge is 2.11. The lowest BCUT2D eigenvalue weighted by Crippen LogP contribution is -2.23. The molecule has 0 aliphatic rings. The first-order chi connectivity index (χ1) is 11.6. The number of H-pyrrole nitrogens is 1. The lowest BCUT2D eigenvalue weighted by molar-refractivity contribution is -0.118. The number of primary amides is 1. The molecule has 4 N–H and O–H groups in total. The summed E-state index contributed by atoms with van der Waals surface area (Å²) in [6.45, 7) is -0.458. The van der Waals surface area contributed by atoms with Gasteiger partial charge in [0.05, 0.1) is 11.9 Å². The van der Waals surface area contributed by atoms with Crippen molar-refractivity contribution in [1.82, 2.24) is 19.9 Å². The third-order valence-electron chi connectivity index (χ3n) is 2.90. The molecular formula is C14H12N6O3S. The molecule has 0 atom stereocenters. The molecule has 9 nitrogen and oxygen atoms in total. The Labute approximate surface area is 139 Å². The average Bonchev–Trinajstić information content (AvgIpc) is 3.23. The van der Waals surface area contributed by atoms with Crippen molar-refractivity contribution in [2.24, 2.45) is 5.73 Å². The predicted molar refractivity (Wildman–Crippen MR) is 87.1 cm³/mol. The van der Waals surface area contributed by atoms with Crippen LogP contribution in [-0.2, 0) is 9.53 Å². The molecule has 24 heavy (non-hydrogen) atoms. The Hall–Kier alpha value is -3.27. The number of pyridine rings is 1. The smallest absolute Gasteiger partial charge is 0.405 e. The monoisotopic (exact) mass is 344 g/mol. The van der Waals surface area contributed by atoms with E-state index in [1.54, 1.807) is 24.0 Å². The summed E-state index contributed by atoms with van der Waals surface area (Å²) in [5.74, 6) is 0.178. The number of anilines is 1. The second kappa shape index (κ2) is 6.87. The minimum Gasteiger partial charge on any atom is -0.440 e. The number of thiazole rings is 1. The van der Waals surface area contributed by atoms with E-state index in [2.05, 4.69) is 30.0 Å². The topological polar surface area (TPSA) is 136 Å². The van der Waals surface area contributed by atoms with Crippen molar-refractivity contribution in [3.05, 3.63) is 36.1 Å². The molecule has 10 heteroatoms. The molecule has 0 unspecified atom stereocenters.